The van der Waals surface area contributed by atoms with Crippen LogP contribution in [0.2, 0.25) is 0 Å². The molecule has 1 aromatic carbocycles. The zero-order valence-electron chi connectivity index (χ0n) is 16.1. The Bertz CT molecular complexity index is 828. The van der Waals surface area contributed by atoms with Crippen LogP contribution in [0.3, 0.4) is 0 Å². The molecule has 144 valence electrons. The van der Waals surface area contributed by atoms with E-state index >= 15 is 0 Å². The molecule has 0 unspecified atom stereocenters. The molecule has 0 bridgehead atoms. The summed E-state index contributed by atoms with van der Waals surface area (Å²) >= 11 is 3.33. The van der Waals surface area contributed by atoms with Gasteiger partial charge in [-0.25, -0.2) is 9.78 Å². The Morgan fingerprint density at radius 3 is 2.52 bits per heavy atom. The second-order valence-electron chi connectivity index (χ2n) is 7.49. The topological polar surface area (TPSA) is 62.3 Å². The molecule has 27 heavy (non-hydrogen) atoms. The molecule has 5 nitrogen and oxygen atoms in total. The number of rotatable bonds is 7. The second-order valence-corrected chi connectivity index (χ2v) is 9.45. The van der Waals surface area contributed by atoms with E-state index in [-0.39, 0.29) is 11.9 Å². The molecule has 2 aromatic rings. The Morgan fingerprint density at radius 1 is 1.22 bits per heavy atom. The van der Waals surface area contributed by atoms with Crippen molar-refractivity contribution in [2.75, 3.05) is 12.3 Å². The highest BCUT2D eigenvalue weighted by molar-refractivity contribution is 7.98. The molecule has 0 aliphatic carbocycles. The Hall–Kier alpha value is -1.86. The Balaban J connectivity index is 1.50. The van der Waals surface area contributed by atoms with Crippen LogP contribution < -0.4 is 5.32 Å². The maximum absolute atomic E-state index is 12.2. The molecular weight excluding hydrogens is 378 g/mol. The van der Waals surface area contributed by atoms with Crippen LogP contribution in [0.1, 0.15) is 44.9 Å². The summed E-state index contributed by atoms with van der Waals surface area (Å²) in [5, 5.41) is 5.81. The number of hydrogen-bond donors (Lipinski definition) is 1. The summed E-state index contributed by atoms with van der Waals surface area (Å²) in [7, 11) is 0. The number of aromatic nitrogens is 1. The van der Waals surface area contributed by atoms with Gasteiger partial charge in [-0.05, 0) is 25.3 Å². The molecule has 0 spiro atoms. The minimum atomic E-state index is -0.795. The molecule has 7 heteroatoms. The lowest BCUT2D eigenvalue weighted by atomic mass is 10.0. The van der Waals surface area contributed by atoms with Crippen LogP contribution in [-0.4, -0.2) is 39.7 Å². The number of imide groups is 1. The minimum absolute atomic E-state index is 0.158. The van der Waals surface area contributed by atoms with Crippen molar-refractivity contribution in [1.82, 2.24) is 15.2 Å². The highest BCUT2D eigenvalue weighted by Gasteiger charge is 2.43. The molecule has 1 aliphatic rings. The third kappa shape index (κ3) is 4.52. The van der Waals surface area contributed by atoms with Crippen molar-refractivity contribution in [3.05, 3.63) is 40.9 Å². The number of urea groups is 1. The SMILES string of the molecule is CC(C)c1ccc(-c2nc(CSCCN3C(=O)NC(C)(C)C3=O)cs2)cc1. The van der Waals surface area contributed by atoms with Crippen LogP contribution in [0.15, 0.2) is 29.6 Å². The Labute approximate surface area is 168 Å². The van der Waals surface area contributed by atoms with Crippen LogP contribution in [-0.2, 0) is 10.5 Å². The van der Waals surface area contributed by atoms with Crippen molar-refractivity contribution in [3.63, 3.8) is 0 Å². The van der Waals surface area contributed by atoms with Crippen molar-refractivity contribution >= 4 is 35.0 Å². The molecular formula is C20H25N3O2S2. The number of benzene rings is 1. The zero-order chi connectivity index (χ0) is 19.6. The lowest BCUT2D eigenvalue weighted by Crippen LogP contribution is -2.40. The number of carbonyl (C=O) groups excluding carboxylic acids is 2. The van der Waals surface area contributed by atoms with Crippen molar-refractivity contribution in [3.8, 4) is 10.6 Å². The highest BCUT2D eigenvalue weighted by atomic mass is 32.2. The van der Waals surface area contributed by atoms with Gasteiger partial charge in [0.15, 0.2) is 0 Å². The molecule has 3 amide bonds. The lowest BCUT2D eigenvalue weighted by molar-refractivity contribution is -0.130. The van der Waals surface area contributed by atoms with Crippen molar-refractivity contribution in [2.24, 2.45) is 0 Å². The fourth-order valence-corrected chi connectivity index (χ4v) is 4.61. The van der Waals surface area contributed by atoms with E-state index in [4.69, 9.17) is 4.98 Å². The lowest BCUT2D eigenvalue weighted by Gasteiger charge is -2.15. The van der Waals surface area contributed by atoms with E-state index in [9.17, 15) is 9.59 Å². The predicted molar refractivity (Wildman–Crippen MR) is 112 cm³/mol. The van der Waals surface area contributed by atoms with E-state index in [1.807, 2.05) is 0 Å². The van der Waals surface area contributed by atoms with Crippen LogP contribution in [0.4, 0.5) is 4.79 Å². The van der Waals surface area contributed by atoms with Crippen LogP contribution >= 0.6 is 23.1 Å². The molecule has 1 fully saturated rings. The van der Waals surface area contributed by atoms with Gasteiger partial charge in [-0.15, -0.1) is 11.3 Å². The van der Waals surface area contributed by atoms with E-state index in [1.54, 1.807) is 36.9 Å². The maximum atomic E-state index is 12.2. The molecule has 1 N–H and O–H groups in total. The van der Waals surface area contributed by atoms with E-state index in [2.05, 4.69) is 48.8 Å². The van der Waals surface area contributed by atoms with E-state index in [1.165, 1.54) is 10.5 Å². The van der Waals surface area contributed by atoms with E-state index < -0.39 is 5.54 Å². The first kappa shape index (κ1) is 19.9. The van der Waals surface area contributed by atoms with Crippen LogP contribution in [0, 0.1) is 0 Å². The average Bonchev–Trinajstić information content (AvgIpc) is 3.16. The minimum Gasteiger partial charge on any atom is -0.324 e. The van der Waals surface area contributed by atoms with Gasteiger partial charge in [0.1, 0.15) is 10.5 Å². The summed E-state index contributed by atoms with van der Waals surface area (Å²) in [5.74, 6) is 1.84. The van der Waals surface area contributed by atoms with Crippen LogP contribution in [0.5, 0.6) is 0 Å². The first-order valence-electron chi connectivity index (χ1n) is 9.04. The summed E-state index contributed by atoms with van der Waals surface area (Å²) in [4.78, 5) is 30.0. The van der Waals surface area contributed by atoms with Gasteiger partial charge in [-0.2, -0.15) is 11.8 Å². The number of nitrogens with zero attached hydrogens (tertiary/aromatic N) is 2. The zero-order valence-corrected chi connectivity index (χ0v) is 17.7. The number of nitrogens with one attached hydrogen (secondary N) is 1. The van der Waals surface area contributed by atoms with Gasteiger partial charge in [-0.3, -0.25) is 9.69 Å². The largest absolute Gasteiger partial charge is 0.325 e. The Kier molecular flexibility index (Phi) is 5.91. The highest BCUT2D eigenvalue weighted by Crippen LogP contribution is 2.27. The van der Waals surface area contributed by atoms with Crippen molar-refractivity contribution in [2.45, 2.75) is 44.9 Å². The van der Waals surface area contributed by atoms with Gasteiger partial charge in [0.25, 0.3) is 5.91 Å². The molecule has 0 saturated carbocycles. The van der Waals surface area contributed by atoms with Gasteiger partial charge >= 0.3 is 6.03 Å². The molecule has 2 heterocycles. The number of thiazole rings is 1. The molecule has 0 atom stereocenters. The normalized spacial score (nSPS) is 16.3. The first-order chi connectivity index (χ1) is 12.8. The van der Waals surface area contributed by atoms with E-state index in [0.29, 0.717) is 18.2 Å². The third-order valence-corrected chi connectivity index (χ3v) is 6.44. The monoisotopic (exact) mass is 403 g/mol. The quantitative estimate of drug-likeness (QED) is 0.546. The van der Waals surface area contributed by atoms with Gasteiger partial charge in [0.05, 0.1) is 5.69 Å². The fraction of sp³-hybridized carbons (Fsp3) is 0.450. The molecule has 1 aliphatic heterocycles. The first-order valence-corrected chi connectivity index (χ1v) is 11.1. The fourth-order valence-electron chi connectivity index (χ4n) is 2.87. The standard InChI is InChI=1S/C20H25N3O2S2/c1-13(2)14-5-7-15(8-6-14)17-21-16(12-27-17)11-26-10-9-23-18(24)20(3,4)22-19(23)25/h5-8,12-13H,9-11H2,1-4H3,(H,22,25). The smallest absolute Gasteiger partial charge is 0.324 e. The van der Waals surface area contributed by atoms with Gasteiger partial charge < -0.3 is 5.32 Å². The third-order valence-electron chi connectivity index (χ3n) is 4.53. The summed E-state index contributed by atoms with van der Waals surface area (Å²) < 4.78 is 0. The summed E-state index contributed by atoms with van der Waals surface area (Å²) in [6.07, 6.45) is 0. The number of amides is 3. The molecule has 1 aromatic heterocycles. The number of carbonyl (C=O) groups is 2. The van der Waals surface area contributed by atoms with E-state index in [0.717, 1.165) is 22.0 Å². The van der Waals surface area contributed by atoms with Crippen LogP contribution in [0.25, 0.3) is 10.6 Å². The molecule has 0 radical (unpaired) electrons. The predicted octanol–water partition coefficient (Wildman–Crippen LogP) is 4.50. The summed E-state index contributed by atoms with van der Waals surface area (Å²) in [5.41, 5.74) is 2.71. The number of thioether (sulfide) groups is 1. The second kappa shape index (κ2) is 8.02. The molecule has 3 rings (SSSR count). The number of hydrogen-bond acceptors (Lipinski definition) is 5. The molecule has 1 saturated heterocycles. The summed E-state index contributed by atoms with van der Waals surface area (Å²) in [6, 6.07) is 8.28. The summed E-state index contributed by atoms with van der Waals surface area (Å²) in [6.45, 7) is 8.25. The van der Waals surface area contributed by atoms with Crippen molar-refractivity contribution in [1.29, 1.82) is 0 Å². The maximum Gasteiger partial charge on any atom is 0.325 e. The Morgan fingerprint density at radius 2 is 1.93 bits per heavy atom. The van der Waals surface area contributed by atoms with Crippen molar-refractivity contribution < 1.29 is 9.59 Å². The van der Waals surface area contributed by atoms with Gasteiger partial charge in [-0.1, -0.05) is 38.1 Å². The van der Waals surface area contributed by atoms with Gasteiger partial charge in [0.2, 0.25) is 0 Å². The average molecular weight is 404 g/mol. The van der Waals surface area contributed by atoms with Gasteiger partial charge in [0, 0.05) is 29.0 Å².